The molecule has 2 rings (SSSR count). The summed E-state index contributed by atoms with van der Waals surface area (Å²) in [6.45, 7) is 6.09. The molecule has 2 aromatic carbocycles. The molecule has 0 amide bonds. The Labute approximate surface area is 119 Å². The van der Waals surface area contributed by atoms with Crippen LogP contribution in [0.3, 0.4) is 0 Å². The van der Waals surface area contributed by atoms with Crippen molar-refractivity contribution in [2.75, 3.05) is 0 Å². The highest BCUT2D eigenvalue weighted by Crippen LogP contribution is 2.25. The highest BCUT2D eigenvalue weighted by atomic mass is 32.1. The maximum Gasteiger partial charge on any atom is 0.127 e. The van der Waals surface area contributed by atoms with Crippen LogP contribution in [0.2, 0.25) is 0 Å². The number of hydrogen-bond donors (Lipinski definition) is 1. The van der Waals surface area contributed by atoms with Gasteiger partial charge in [0.15, 0.2) is 0 Å². The van der Waals surface area contributed by atoms with Crippen molar-refractivity contribution in [3.05, 3.63) is 58.7 Å². The van der Waals surface area contributed by atoms with Crippen molar-refractivity contribution < 1.29 is 4.74 Å². The van der Waals surface area contributed by atoms with Crippen molar-refractivity contribution in [2.45, 2.75) is 20.8 Å². The summed E-state index contributed by atoms with van der Waals surface area (Å²) in [5.74, 6) is 1.64. The lowest BCUT2D eigenvalue weighted by atomic mass is 10.1. The molecule has 0 bridgehead atoms. The van der Waals surface area contributed by atoms with Gasteiger partial charge in [-0.3, -0.25) is 0 Å². The summed E-state index contributed by atoms with van der Waals surface area (Å²) < 4.78 is 5.87. The fourth-order valence-corrected chi connectivity index (χ4v) is 2.33. The molecule has 0 saturated heterocycles. The van der Waals surface area contributed by atoms with Crippen molar-refractivity contribution in [2.24, 2.45) is 5.73 Å². The summed E-state index contributed by atoms with van der Waals surface area (Å²) in [7, 11) is 0. The van der Waals surface area contributed by atoms with E-state index in [0.717, 1.165) is 22.6 Å². The molecule has 0 heterocycles. The number of rotatable bonds is 3. The van der Waals surface area contributed by atoms with Crippen molar-refractivity contribution in [3.8, 4) is 11.5 Å². The highest BCUT2D eigenvalue weighted by molar-refractivity contribution is 7.80. The Balaban J connectivity index is 2.28. The summed E-state index contributed by atoms with van der Waals surface area (Å²) in [4.78, 5) is 0.412. The third-order valence-electron chi connectivity index (χ3n) is 2.89. The molecule has 2 N–H and O–H groups in total. The quantitative estimate of drug-likeness (QED) is 0.856. The minimum absolute atomic E-state index is 0.412. The lowest BCUT2D eigenvalue weighted by Gasteiger charge is -2.10. The van der Waals surface area contributed by atoms with Crippen LogP contribution in [0.1, 0.15) is 22.3 Å². The molecule has 0 aliphatic rings. The fraction of sp³-hybridized carbons (Fsp3) is 0.188. The molecular weight excluding hydrogens is 254 g/mol. The maximum atomic E-state index is 5.87. The maximum absolute atomic E-state index is 5.87. The molecule has 0 aliphatic carbocycles. The molecule has 0 unspecified atom stereocenters. The zero-order valence-electron chi connectivity index (χ0n) is 11.4. The lowest BCUT2D eigenvalue weighted by molar-refractivity contribution is 0.481. The molecule has 0 aromatic heterocycles. The van der Waals surface area contributed by atoms with E-state index in [1.807, 2.05) is 37.3 Å². The second-order valence-corrected chi connectivity index (χ2v) is 5.21. The van der Waals surface area contributed by atoms with Crippen LogP contribution in [0.25, 0.3) is 0 Å². The largest absolute Gasteiger partial charge is 0.457 e. The molecular formula is C16H17NOS. The Kier molecular flexibility index (Phi) is 3.86. The molecule has 0 spiro atoms. The Morgan fingerprint density at radius 1 is 0.947 bits per heavy atom. The Morgan fingerprint density at radius 3 is 2.11 bits per heavy atom. The zero-order valence-corrected chi connectivity index (χ0v) is 12.2. The van der Waals surface area contributed by atoms with Gasteiger partial charge in [0.25, 0.3) is 0 Å². The van der Waals surface area contributed by atoms with Gasteiger partial charge in [-0.15, -0.1) is 0 Å². The van der Waals surface area contributed by atoms with Crippen molar-refractivity contribution in [3.63, 3.8) is 0 Å². The third kappa shape index (κ3) is 3.32. The first-order valence-corrected chi connectivity index (χ1v) is 6.53. The molecule has 0 fully saturated rings. The molecule has 2 aromatic rings. The van der Waals surface area contributed by atoms with E-state index in [0.29, 0.717) is 4.99 Å². The standard InChI is InChI=1S/C16H17NOS/c1-10-6-11(2)8-14(7-10)18-13-4-5-15(16(17)19)12(3)9-13/h4-9H,1-3H3,(H2,17,19). The van der Waals surface area contributed by atoms with E-state index < -0.39 is 0 Å². The second kappa shape index (κ2) is 5.41. The van der Waals surface area contributed by atoms with Crippen molar-refractivity contribution >= 4 is 17.2 Å². The van der Waals surface area contributed by atoms with Crippen LogP contribution in [0.4, 0.5) is 0 Å². The molecule has 98 valence electrons. The average molecular weight is 271 g/mol. The van der Waals surface area contributed by atoms with E-state index >= 15 is 0 Å². The first kappa shape index (κ1) is 13.6. The molecule has 19 heavy (non-hydrogen) atoms. The van der Waals surface area contributed by atoms with Gasteiger partial charge in [-0.05, 0) is 67.8 Å². The van der Waals surface area contributed by atoms with Gasteiger partial charge in [-0.2, -0.15) is 0 Å². The summed E-state index contributed by atoms with van der Waals surface area (Å²) in [6.07, 6.45) is 0. The van der Waals surface area contributed by atoms with Gasteiger partial charge < -0.3 is 10.5 Å². The van der Waals surface area contributed by atoms with Crippen LogP contribution in [0, 0.1) is 20.8 Å². The first-order chi connectivity index (χ1) is 8.95. The summed E-state index contributed by atoms with van der Waals surface area (Å²) in [6, 6.07) is 11.9. The Bertz CT molecular complexity index is 614. The molecule has 0 atom stereocenters. The second-order valence-electron chi connectivity index (χ2n) is 4.77. The number of hydrogen-bond acceptors (Lipinski definition) is 2. The lowest BCUT2D eigenvalue weighted by Crippen LogP contribution is -2.10. The number of ether oxygens (including phenoxy) is 1. The van der Waals surface area contributed by atoms with Gasteiger partial charge in [0.2, 0.25) is 0 Å². The topological polar surface area (TPSA) is 35.2 Å². The van der Waals surface area contributed by atoms with Crippen LogP contribution < -0.4 is 10.5 Å². The summed E-state index contributed by atoms with van der Waals surface area (Å²) >= 11 is 4.99. The van der Waals surface area contributed by atoms with Gasteiger partial charge in [-0.1, -0.05) is 18.3 Å². The van der Waals surface area contributed by atoms with E-state index in [-0.39, 0.29) is 0 Å². The smallest absolute Gasteiger partial charge is 0.127 e. The summed E-state index contributed by atoms with van der Waals surface area (Å²) in [5, 5.41) is 0. The van der Waals surface area contributed by atoms with Gasteiger partial charge in [0.1, 0.15) is 16.5 Å². The summed E-state index contributed by atoms with van der Waals surface area (Å²) in [5.41, 5.74) is 9.93. The van der Waals surface area contributed by atoms with Gasteiger partial charge in [0, 0.05) is 5.56 Å². The molecule has 3 heteroatoms. The van der Waals surface area contributed by atoms with E-state index in [9.17, 15) is 0 Å². The minimum Gasteiger partial charge on any atom is -0.457 e. The van der Waals surface area contributed by atoms with Crippen LogP contribution in [0.5, 0.6) is 11.5 Å². The predicted molar refractivity (Wildman–Crippen MR) is 83.1 cm³/mol. The van der Waals surface area contributed by atoms with E-state index in [4.69, 9.17) is 22.7 Å². The first-order valence-electron chi connectivity index (χ1n) is 6.12. The molecule has 0 aliphatic heterocycles. The van der Waals surface area contributed by atoms with Crippen molar-refractivity contribution in [1.29, 1.82) is 0 Å². The van der Waals surface area contributed by atoms with E-state index in [1.165, 1.54) is 11.1 Å². The molecule has 0 saturated carbocycles. The van der Waals surface area contributed by atoms with Crippen LogP contribution >= 0.6 is 12.2 Å². The monoisotopic (exact) mass is 271 g/mol. The fourth-order valence-electron chi connectivity index (χ4n) is 2.10. The molecule has 0 radical (unpaired) electrons. The number of thiocarbonyl (C=S) groups is 1. The number of benzene rings is 2. The van der Waals surface area contributed by atoms with Crippen LogP contribution in [0.15, 0.2) is 36.4 Å². The van der Waals surface area contributed by atoms with Gasteiger partial charge >= 0.3 is 0 Å². The van der Waals surface area contributed by atoms with E-state index in [1.54, 1.807) is 0 Å². The van der Waals surface area contributed by atoms with Gasteiger partial charge in [0.05, 0.1) is 0 Å². The Morgan fingerprint density at radius 2 is 1.58 bits per heavy atom. The molecule has 2 nitrogen and oxygen atoms in total. The number of aryl methyl sites for hydroxylation is 3. The highest BCUT2D eigenvalue weighted by Gasteiger charge is 2.04. The van der Waals surface area contributed by atoms with Crippen LogP contribution in [-0.4, -0.2) is 4.99 Å². The third-order valence-corrected chi connectivity index (χ3v) is 3.11. The average Bonchev–Trinajstić information content (AvgIpc) is 2.26. The Hall–Kier alpha value is -1.87. The SMILES string of the molecule is Cc1cc(C)cc(Oc2ccc(C(N)=S)c(C)c2)c1. The normalized spacial score (nSPS) is 10.3. The predicted octanol–water partition coefficient (Wildman–Crippen LogP) is 4.04. The zero-order chi connectivity index (χ0) is 14.0. The van der Waals surface area contributed by atoms with Gasteiger partial charge in [-0.25, -0.2) is 0 Å². The van der Waals surface area contributed by atoms with Crippen LogP contribution in [-0.2, 0) is 0 Å². The van der Waals surface area contributed by atoms with E-state index in [2.05, 4.69) is 19.9 Å². The van der Waals surface area contributed by atoms with Crippen molar-refractivity contribution in [1.82, 2.24) is 0 Å². The number of nitrogens with two attached hydrogens (primary N) is 1. The minimum atomic E-state index is 0.412.